The van der Waals surface area contributed by atoms with E-state index in [9.17, 15) is 5.11 Å². The van der Waals surface area contributed by atoms with Gasteiger partial charge in [-0.25, -0.2) is 0 Å². The van der Waals surface area contributed by atoms with E-state index in [0.29, 0.717) is 24.7 Å². The molecule has 144 valence electrons. The number of hydrogen-bond acceptors (Lipinski definition) is 6. The van der Waals surface area contributed by atoms with E-state index in [4.69, 9.17) is 18.9 Å². The Kier molecular flexibility index (Phi) is 5.36. The second-order valence-corrected chi connectivity index (χ2v) is 6.89. The quantitative estimate of drug-likeness (QED) is 0.813. The van der Waals surface area contributed by atoms with Gasteiger partial charge in [-0.1, -0.05) is 24.3 Å². The van der Waals surface area contributed by atoms with Gasteiger partial charge in [-0.05, 0) is 37.1 Å². The van der Waals surface area contributed by atoms with E-state index in [0.717, 1.165) is 24.3 Å². The summed E-state index contributed by atoms with van der Waals surface area (Å²) in [6, 6.07) is 15.1. The summed E-state index contributed by atoms with van der Waals surface area (Å²) < 4.78 is 23.0. The van der Waals surface area contributed by atoms with E-state index in [1.165, 1.54) is 0 Å². The molecular formula is C21H25NO5. The Labute approximate surface area is 159 Å². The fraction of sp³-hybridized carbons (Fsp3) is 0.429. The number of rotatable bonds is 6. The van der Waals surface area contributed by atoms with E-state index in [1.807, 2.05) is 48.5 Å². The standard InChI is InChI=1S/C21H25NO5/c1-24-16-6-2-4-8-18(16)27-20-11-10-15(21(20)23)22-12-14-13-25-17-7-3-5-9-19(17)26-14/h2-9,14-15,20-23H,10-13H2,1H3/t14-,15+,20+,21+/m0/s1. The summed E-state index contributed by atoms with van der Waals surface area (Å²) in [7, 11) is 1.61. The van der Waals surface area contributed by atoms with Gasteiger partial charge in [0.05, 0.1) is 7.11 Å². The van der Waals surface area contributed by atoms with Crippen LogP contribution in [0.15, 0.2) is 48.5 Å². The van der Waals surface area contributed by atoms with Crippen LogP contribution in [0.4, 0.5) is 0 Å². The van der Waals surface area contributed by atoms with Crippen molar-refractivity contribution in [3.63, 3.8) is 0 Å². The highest BCUT2D eigenvalue weighted by Crippen LogP contribution is 2.32. The van der Waals surface area contributed by atoms with Crippen LogP contribution in [0.5, 0.6) is 23.0 Å². The third kappa shape index (κ3) is 3.96. The average molecular weight is 371 g/mol. The Bertz CT molecular complexity index is 768. The number of methoxy groups -OCH3 is 1. The molecule has 2 aliphatic rings. The molecule has 0 spiro atoms. The lowest BCUT2D eigenvalue weighted by Gasteiger charge is -2.28. The zero-order valence-corrected chi connectivity index (χ0v) is 15.3. The molecule has 0 bridgehead atoms. The molecule has 27 heavy (non-hydrogen) atoms. The molecule has 2 aromatic carbocycles. The van der Waals surface area contributed by atoms with Crippen molar-refractivity contribution < 1.29 is 24.1 Å². The molecule has 2 N–H and O–H groups in total. The lowest BCUT2D eigenvalue weighted by atomic mass is 10.2. The van der Waals surface area contributed by atoms with Crippen LogP contribution in [0.3, 0.4) is 0 Å². The molecule has 0 aromatic heterocycles. The summed E-state index contributed by atoms with van der Waals surface area (Å²) >= 11 is 0. The van der Waals surface area contributed by atoms with Gasteiger partial charge >= 0.3 is 0 Å². The van der Waals surface area contributed by atoms with E-state index >= 15 is 0 Å². The Morgan fingerprint density at radius 2 is 1.78 bits per heavy atom. The average Bonchev–Trinajstić information content (AvgIpc) is 3.06. The van der Waals surface area contributed by atoms with Gasteiger partial charge < -0.3 is 29.4 Å². The van der Waals surface area contributed by atoms with E-state index < -0.39 is 6.10 Å². The van der Waals surface area contributed by atoms with Gasteiger partial charge in [0.15, 0.2) is 23.0 Å². The summed E-state index contributed by atoms with van der Waals surface area (Å²) in [6.07, 6.45) is 0.684. The van der Waals surface area contributed by atoms with Gasteiger partial charge in [-0.2, -0.15) is 0 Å². The van der Waals surface area contributed by atoms with Crippen molar-refractivity contribution in [2.45, 2.75) is 37.2 Å². The first kappa shape index (κ1) is 17.9. The molecule has 6 heteroatoms. The molecule has 0 saturated heterocycles. The van der Waals surface area contributed by atoms with Crippen LogP contribution in [-0.2, 0) is 0 Å². The number of aliphatic hydroxyl groups excluding tert-OH is 1. The highest BCUT2D eigenvalue weighted by Gasteiger charge is 2.37. The van der Waals surface area contributed by atoms with Gasteiger partial charge in [0.25, 0.3) is 0 Å². The molecule has 0 radical (unpaired) electrons. The molecule has 1 aliphatic carbocycles. The van der Waals surface area contributed by atoms with E-state index in [2.05, 4.69) is 5.32 Å². The van der Waals surface area contributed by atoms with Crippen LogP contribution in [0, 0.1) is 0 Å². The second kappa shape index (κ2) is 8.06. The molecule has 4 atom stereocenters. The fourth-order valence-electron chi connectivity index (χ4n) is 3.62. The van der Waals surface area contributed by atoms with Crippen molar-refractivity contribution in [3.8, 4) is 23.0 Å². The van der Waals surface area contributed by atoms with Gasteiger partial charge in [-0.15, -0.1) is 0 Å². The maximum atomic E-state index is 10.7. The number of ether oxygens (including phenoxy) is 4. The van der Waals surface area contributed by atoms with Gasteiger partial charge in [0.1, 0.15) is 24.9 Å². The first-order valence-electron chi connectivity index (χ1n) is 9.34. The van der Waals surface area contributed by atoms with Gasteiger partial charge in [0, 0.05) is 12.6 Å². The SMILES string of the molecule is COc1ccccc1O[C@@H]1CC[C@@H](NC[C@H]2COc3ccccc3O2)[C@H]1O. The maximum Gasteiger partial charge on any atom is 0.161 e. The summed E-state index contributed by atoms with van der Waals surface area (Å²) in [5.41, 5.74) is 0. The van der Waals surface area contributed by atoms with Gasteiger partial charge in [-0.3, -0.25) is 0 Å². The third-order valence-corrected chi connectivity index (χ3v) is 5.08. The van der Waals surface area contributed by atoms with Crippen LogP contribution in [0.25, 0.3) is 0 Å². The molecule has 1 saturated carbocycles. The van der Waals surface area contributed by atoms with Crippen LogP contribution >= 0.6 is 0 Å². The fourth-order valence-corrected chi connectivity index (χ4v) is 3.62. The van der Waals surface area contributed by atoms with Crippen LogP contribution < -0.4 is 24.3 Å². The Morgan fingerprint density at radius 3 is 2.59 bits per heavy atom. The van der Waals surface area contributed by atoms with Gasteiger partial charge in [0.2, 0.25) is 0 Å². The number of nitrogens with one attached hydrogen (secondary N) is 1. The smallest absolute Gasteiger partial charge is 0.161 e. The van der Waals surface area contributed by atoms with Crippen LogP contribution in [0.2, 0.25) is 0 Å². The molecule has 4 rings (SSSR count). The molecule has 6 nitrogen and oxygen atoms in total. The topological polar surface area (TPSA) is 69.2 Å². The Hall–Kier alpha value is -2.44. The van der Waals surface area contributed by atoms with Crippen molar-refractivity contribution in [2.75, 3.05) is 20.3 Å². The van der Waals surface area contributed by atoms with Crippen molar-refractivity contribution in [2.24, 2.45) is 0 Å². The molecule has 0 amide bonds. The van der Waals surface area contributed by atoms with Crippen molar-refractivity contribution >= 4 is 0 Å². The molecule has 1 aliphatic heterocycles. The predicted octanol–water partition coefficient (Wildman–Crippen LogP) is 2.40. The minimum Gasteiger partial charge on any atom is -0.493 e. The number of hydrogen-bond donors (Lipinski definition) is 2. The summed E-state index contributed by atoms with van der Waals surface area (Å²) in [4.78, 5) is 0. The third-order valence-electron chi connectivity index (χ3n) is 5.08. The van der Waals surface area contributed by atoms with Crippen molar-refractivity contribution in [3.05, 3.63) is 48.5 Å². The molecule has 0 unspecified atom stereocenters. The Morgan fingerprint density at radius 1 is 1.04 bits per heavy atom. The predicted molar refractivity (Wildman–Crippen MR) is 101 cm³/mol. The summed E-state index contributed by atoms with van der Waals surface area (Å²) in [5.74, 6) is 2.87. The number of fused-ring (bicyclic) bond motifs is 1. The molecule has 2 aromatic rings. The van der Waals surface area contributed by atoms with E-state index in [1.54, 1.807) is 7.11 Å². The number of benzene rings is 2. The minimum absolute atomic E-state index is 0.0366. The first-order valence-corrected chi connectivity index (χ1v) is 9.34. The Balaban J connectivity index is 1.30. The number of aliphatic hydroxyl groups is 1. The first-order chi connectivity index (χ1) is 13.2. The van der Waals surface area contributed by atoms with Crippen molar-refractivity contribution in [1.82, 2.24) is 5.32 Å². The second-order valence-electron chi connectivity index (χ2n) is 6.89. The summed E-state index contributed by atoms with van der Waals surface area (Å²) in [6.45, 7) is 1.10. The monoisotopic (exact) mass is 371 g/mol. The minimum atomic E-state index is -0.591. The zero-order valence-electron chi connectivity index (χ0n) is 15.3. The van der Waals surface area contributed by atoms with Crippen LogP contribution in [0.1, 0.15) is 12.8 Å². The molecular weight excluding hydrogens is 346 g/mol. The largest absolute Gasteiger partial charge is 0.493 e. The lowest BCUT2D eigenvalue weighted by Crippen LogP contribution is -2.47. The zero-order chi connectivity index (χ0) is 18.6. The normalized spacial score (nSPS) is 26.6. The van der Waals surface area contributed by atoms with E-state index in [-0.39, 0.29) is 18.2 Å². The molecule has 1 fully saturated rings. The highest BCUT2D eigenvalue weighted by atomic mass is 16.6. The maximum absolute atomic E-state index is 10.7. The number of para-hydroxylation sites is 4. The van der Waals surface area contributed by atoms with Crippen LogP contribution in [-0.4, -0.2) is 49.7 Å². The van der Waals surface area contributed by atoms with Crippen molar-refractivity contribution in [1.29, 1.82) is 0 Å². The lowest BCUT2D eigenvalue weighted by molar-refractivity contribution is 0.0373. The molecule has 1 heterocycles. The summed E-state index contributed by atoms with van der Waals surface area (Å²) in [5, 5.41) is 14.1. The highest BCUT2D eigenvalue weighted by molar-refractivity contribution is 5.41.